The molecule has 1 aliphatic carbocycles. The molecule has 2 N–H and O–H groups in total. The second-order valence-corrected chi connectivity index (χ2v) is 4.92. The molecule has 2 atom stereocenters. The molecule has 1 aromatic rings. The van der Waals surface area contributed by atoms with E-state index in [1.807, 2.05) is 26.0 Å². The third kappa shape index (κ3) is 2.00. The Balaban J connectivity index is 2.11. The van der Waals surface area contributed by atoms with Gasteiger partial charge in [0.2, 0.25) is 0 Å². The zero-order valence-corrected chi connectivity index (χ0v) is 9.66. The number of benzene rings is 1. The molecule has 0 bridgehead atoms. The minimum absolute atomic E-state index is 0.205. The lowest BCUT2D eigenvalue weighted by Gasteiger charge is -2.13. The Kier molecular flexibility index (Phi) is 2.47. The molecular formula is C13H19NO. The van der Waals surface area contributed by atoms with E-state index in [1.54, 1.807) is 0 Å². The molecule has 2 heteroatoms. The predicted octanol–water partition coefficient (Wildman–Crippen LogP) is 2.46. The maximum absolute atomic E-state index is 5.92. The van der Waals surface area contributed by atoms with Crippen molar-refractivity contribution in [2.45, 2.75) is 44.8 Å². The zero-order chi connectivity index (χ0) is 11.1. The Bertz CT molecular complexity index is 344. The molecule has 2 unspecified atom stereocenters. The Morgan fingerprint density at radius 3 is 2.27 bits per heavy atom. The van der Waals surface area contributed by atoms with E-state index in [4.69, 9.17) is 10.5 Å². The topological polar surface area (TPSA) is 35.2 Å². The Morgan fingerprint density at radius 1 is 1.33 bits per heavy atom. The first-order valence-corrected chi connectivity index (χ1v) is 5.55. The lowest BCUT2D eigenvalue weighted by molar-refractivity contribution is 0.242. The van der Waals surface area contributed by atoms with Crippen LogP contribution in [0, 0.1) is 0 Å². The molecule has 1 saturated carbocycles. The molecule has 0 aromatic heterocycles. The van der Waals surface area contributed by atoms with Gasteiger partial charge in [-0.2, -0.15) is 0 Å². The molecule has 2 nitrogen and oxygen atoms in total. The minimum Gasteiger partial charge on any atom is -0.491 e. The van der Waals surface area contributed by atoms with E-state index >= 15 is 0 Å². The van der Waals surface area contributed by atoms with Crippen molar-refractivity contribution in [2.24, 2.45) is 5.73 Å². The van der Waals surface area contributed by atoms with Gasteiger partial charge in [0, 0.05) is 11.5 Å². The van der Waals surface area contributed by atoms with Gasteiger partial charge in [-0.25, -0.2) is 0 Å². The molecule has 1 aliphatic rings. The van der Waals surface area contributed by atoms with Crippen molar-refractivity contribution in [3.63, 3.8) is 0 Å². The van der Waals surface area contributed by atoms with Crippen LogP contribution in [0.15, 0.2) is 24.3 Å². The lowest BCUT2D eigenvalue weighted by atomic mass is 9.97. The van der Waals surface area contributed by atoms with Crippen LogP contribution in [0.5, 0.6) is 5.75 Å². The molecule has 15 heavy (non-hydrogen) atoms. The number of nitrogens with two attached hydrogens (primary N) is 1. The molecule has 0 aliphatic heterocycles. The minimum atomic E-state index is 0.205. The molecule has 0 radical (unpaired) electrons. The van der Waals surface area contributed by atoms with Gasteiger partial charge < -0.3 is 10.5 Å². The summed E-state index contributed by atoms with van der Waals surface area (Å²) in [5, 5.41) is 0. The van der Waals surface area contributed by atoms with Crippen LogP contribution in [-0.4, -0.2) is 12.1 Å². The van der Waals surface area contributed by atoms with Crippen molar-refractivity contribution < 1.29 is 4.74 Å². The first-order valence-electron chi connectivity index (χ1n) is 5.55. The van der Waals surface area contributed by atoms with Crippen LogP contribution in [0.3, 0.4) is 0 Å². The molecule has 1 aromatic carbocycles. The van der Waals surface area contributed by atoms with E-state index in [1.165, 1.54) is 5.56 Å². The standard InChI is InChI=1S/C13H19NO/c1-9(2)15-11-6-4-10(5-7-11)13(3)8-12(13)14/h4-7,9,12H,8,14H2,1-3H3. The van der Waals surface area contributed by atoms with Crippen LogP contribution >= 0.6 is 0 Å². The van der Waals surface area contributed by atoms with E-state index < -0.39 is 0 Å². The average Bonchev–Trinajstić information content (AvgIpc) is 2.76. The Morgan fingerprint density at radius 2 is 1.87 bits per heavy atom. The maximum Gasteiger partial charge on any atom is 0.119 e. The summed E-state index contributed by atoms with van der Waals surface area (Å²) in [6, 6.07) is 8.65. The third-order valence-electron chi connectivity index (χ3n) is 3.19. The Labute approximate surface area is 91.4 Å². The zero-order valence-electron chi connectivity index (χ0n) is 9.66. The van der Waals surface area contributed by atoms with Gasteiger partial charge in [0.15, 0.2) is 0 Å². The molecule has 1 fully saturated rings. The maximum atomic E-state index is 5.92. The van der Waals surface area contributed by atoms with E-state index in [0.29, 0.717) is 6.04 Å². The summed E-state index contributed by atoms with van der Waals surface area (Å²) in [6.45, 7) is 6.29. The van der Waals surface area contributed by atoms with E-state index in [2.05, 4.69) is 19.1 Å². The highest BCUT2D eigenvalue weighted by Crippen LogP contribution is 2.46. The van der Waals surface area contributed by atoms with Gasteiger partial charge in [-0.1, -0.05) is 19.1 Å². The van der Waals surface area contributed by atoms with Gasteiger partial charge in [-0.15, -0.1) is 0 Å². The fraction of sp³-hybridized carbons (Fsp3) is 0.538. The van der Waals surface area contributed by atoms with Gasteiger partial charge in [-0.05, 0) is 38.0 Å². The van der Waals surface area contributed by atoms with Crippen molar-refractivity contribution in [1.29, 1.82) is 0 Å². The fourth-order valence-electron chi connectivity index (χ4n) is 1.92. The summed E-state index contributed by atoms with van der Waals surface area (Å²) in [7, 11) is 0. The number of hydrogen-bond acceptors (Lipinski definition) is 2. The summed E-state index contributed by atoms with van der Waals surface area (Å²) >= 11 is 0. The summed E-state index contributed by atoms with van der Waals surface area (Å²) in [6.07, 6.45) is 1.33. The summed E-state index contributed by atoms with van der Waals surface area (Å²) in [5.41, 5.74) is 7.45. The summed E-state index contributed by atoms with van der Waals surface area (Å²) in [4.78, 5) is 0. The van der Waals surface area contributed by atoms with Crippen molar-refractivity contribution in [1.82, 2.24) is 0 Å². The SMILES string of the molecule is CC(C)Oc1ccc(C2(C)CC2N)cc1. The molecule has 0 spiro atoms. The van der Waals surface area contributed by atoms with Gasteiger partial charge in [-0.3, -0.25) is 0 Å². The fourth-order valence-corrected chi connectivity index (χ4v) is 1.92. The predicted molar refractivity (Wildman–Crippen MR) is 62.2 cm³/mol. The molecule has 82 valence electrons. The summed E-state index contributed by atoms with van der Waals surface area (Å²) < 4.78 is 5.60. The van der Waals surface area contributed by atoms with E-state index in [0.717, 1.165) is 12.2 Å². The van der Waals surface area contributed by atoms with Crippen LogP contribution in [0.1, 0.15) is 32.8 Å². The first kappa shape index (κ1) is 10.5. The third-order valence-corrected chi connectivity index (χ3v) is 3.19. The number of ether oxygens (including phenoxy) is 1. The molecule has 0 heterocycles. The van der Waals surface area contributed by atoms with Crippen molar-refractivity contribution in [2.75, 3.05) is 0 Å². The summed E-state index contributed by atoms with van der Waals surface area (Å²) in [5.74, 6) is 0.937. The smallest absolute Gasteiger partial charge is 0.119 e. The highest BCUT2D eigenvalue weighted by molar-refractivity contribution is 5.38. The van der Waals surface area contributed by atoms with Crippen molar-refractivity contribution in [3.8, 4) is 5.75 Å². The molecule has 0 amide bonds. The monoisotopic (exact) mass is 205 g/mol. The van der Waals surface area contributed by atoms with E-state index in [-0.39, 0.29) is 11.5 Å². The van der Waals surface area contributed by atoms with Crippen LogP contribution in [0.4, 0.5) is 0 Å². The van der Waals surface area contributed by atoms with E-state index in [9.17, 15) is 0 Å². The average molecular weight is 205 g/mol. The molecule has 2 rings (SSSR count). The van der Waals surface area contributed by atoms with Crippen LogP contribution < -0.4 is 10.5 Å². The highest BCUT2D eigenvalue weighted by Gasteiger charge is 2.48. The molecular weight excluding hydrogens is 186 g/mol. The van der Waals surface area contributed by atoms with Crippen LogP contribution in [0.2, 0.25) is 0 Å². The van der Waals surface area contributed by atoms with Crippen molar-refractivity contribution >= 4 is 0 Å². The van der Waals surface area contributed by atoms with Crippen molar-refractivity contribution in [3.05, 3.63) is 29.8 Å². The van der Waals surface area contributed by atoms with Crippen LogP contribution in [-0.2, 0) is 5.41 Å². The molecule has 0 saturated heterocycles. The largest absolute Gasteiger partial charge is 0.491 e. The second-order valence-electron chi connectivity index (χ2n) is 4.92. The second kappa shape index (κ2) is 3.53. The van der Waals surface area contributed by atoms with Crippen LogP contribution in [0.25, 0.3) is 0 Å². The quantitative estimate of drug-likeness (QED) is 0.822. The first-order chi connectivity index (χ1) is 7.02. The number of hydrogen-bond donors (Lipinski definition) is 1. The van der Waals surface area contributed by atoms with Gasteiger partial charge in [0.05, 0.1) is 6.10 Å². The highest BCUT2D eigenvalue weighted by atomic mass is 16.5. The normalized spacial score (nSPS) is 29.3. The lowest BCUT2D eigenvalue weighted by Crippen LogP contribution is -2.14. The number of rotatable bonds is 3. The van der Waals surface area contributed by atoms with Gasteiger partial charge in [0.25, 0.3) is 0 Å². The Hall–Kier alpha value is -1.02. The van der Waals surface area contributed by atoms with Gasteiger partial charge >= 0.3 is 0 Å². The van der Waals surface area contributed by atoms with Gasteiger partial charge in [0.1, 0.15) is 5.75 Å².